The van der Waals surface area contributed by atoms with Crippen LogP contribution < -0.4 is 14.2 Å². The number of rotatable bonds is 8. The van der Waals surface area contributed by atoms with E-state index >= 15 is 0 Å². The summed E-state index contributed by atoms with van der Waals surface area (Å²) in [5.41, 5.74) is 6.32. The van der Waals surface area contributed by atoms with Crippen LogP contribution in [-0.2, 0) is 16.1 Å². The van der Waals surface area contributed by atoms with Crippen molar-refractivity contribution in [3.63, 3.8) is 0 Å². The summed E-state index contributed by atoms with van der Waals surface area (Å²) >= 11 is 0. The highest BCUT2D eigenvalue weighted by Crippen LogP contribution is 2.32. The molecule has 186 valence electrons. The molecule has 0 aliphatic carbocycles. The molecule has 0 fully saturated rings. The minimum absolute atomic E-state index is 0.152. The van der Waals surface area contributed by atoms with Gasteiger partial charge < -0.3 is 18.9 Å². The number of carbonyl (C=O) groups is 1. The van der Waals surface area contributed by atoms with E-state index in [1.54, 1.807) is 0 Å². The van der Waals surface area contributed by atoms with Gasteiger partial charge in [-0.25, -0.2) is 4.79 Å². The predicted molar refractivity (Wildman–Crippen MR) is 137 cm³/mol. The highest BCUT2D eigenvalue weighted by molar-refractivity contribution is 5.89. The van der Waals surface area contributed by atoms with Crippen LogP contribution in [0.25, 0.3) is 6.08 Å². The fraction of sp³-hybridized carbons (Fsp3) is 0.414. The summed E-state index contributed by atoms with van der Waals surface area (Å²) in [7, 11) is 1.44. The smallest absolute Gasteiger partial charge is 0.334 e. The van der Waals surface area contributed by atoms with E-state index in [1.165, 1.54) is 12.7 Å². The van der Waals surface area contributed by atoms with Crippen LogP contribution in [0.1, 0.15) is 43.9 Å². The predicted octanol–water partition coefficient (Wildman–Crippen LogP) is 5.33. The third-order valence-electron chi connectivity index (χ3n) is 6.32. The first-order valence-corrected chi connectivity index (χ1v) is 12.2. The van der Waals surface area contributed by atoms with Gasteiger partial charge in [0.05, 0.1) is 18.8 Å². The Morgan fingerprint density at radius 2 is 1.97 bits per heavy atom. The summed E-state index contributed by atoms with van der Waals surface area (Å²) in [5, 5.41) is 0. The van der Waals surface area contributed by atoms with Gasteiger partial charge in [-0.3, -0.25) is 4.90 Å². The van der Waals surface area contributed by atoms with Gasteiger partial charge in [-0.1, -0.05) is 11.6 Å². The van der Waals surface area contributed by atoms with E-state index < -0.39 is 0 Å². The van der Waals surface area contributed by atoms with Gasteiger partial charge in [0.15, 0.2) is 0 Å². The summed E-state index contributed by atoms with van der Waals surface area (Å²) in [6.45, 7) is 11.4. The molecule has 0 spiro atoms. The van der Waals surface area contributed by atoms with Gasteiger partial charge in [0.2, 0.25) is 0 Å². The normalized spacial score (nSPS) is 15.9. The number of carbonyl (C=O) groups excluding carboxylic acids is 1. The first-order valence-electron chi connectivity index (χ1n) is 12.2. The van der Waals surface area contributed by atoms with Gasteiger partial charge in [0.1, 0.15) is 30.5 Å². The zero-order chi connectivity index (χ0) is 24.9. The van der Waals surface area contributed by atoms with E-state index in [9.17, 15) is 4.79 Å². The average molecular weight is 478 g/mol. The Labute approximate surface area is 208 Å². The molecule has 0 N–H and O–H groups in total. The summed E-state index contributed by atoms with van der Waals surface area (Å²) in [4.78, 5) is 14.3. The summed E-state index contributed by atoms with van der Waals surface area (Å²) in [6.07, 6.45) is 3.21. The molecule has 2 aromatic rings. The fourth-order valence-corrected chi connectivity index (χ4v) is 4.42. The van der Waals surface area contributed by atoms with Crippen LogP contribution in [0.3, 0.4) is 0 Å². The van der Waals surface area contributed by atoms with Crippen molar-refractivity contribution in [2.24, 2.45) is 0 Å². The standard InChI is InChI=1S/C29H35NO5/c1-19(2)35-27-9-6-22(12-21(27)4)17-33-25-8-7-24-13-23(18-34-28(24)14-25)15-30-11-10-20(3)26(16-30)29(31)32-5/h6-9,12-14,19H,10-11,15-18H2,1-5H3. The third-order valence-corrected chi connectivity index (χ3v) is 6.32. The second kappa shape index (κ2) is 11.0. The molecule has 0 amide bonds. The molecule has 6 nitrogen and oxygen atoms in total. The van der Waals surface area contributed by atoms with Crippen molar-refractivity contribution >= 4 is 12.0 Å². The SMILES string of the molecule is COC(=O)C1=C(C)CCN(CC2=Cc3ccc(OCc4ccc(OC(C)C)c(C)c4)cc3OC2)C1. The number of fused-ring (bicyclic) bond motifs is 1. The molecule has 0 radical (unpaired) electrons. The van der Waals surface area contributed by atoms with Crippen molar-refractivity contribution in [1.82, 2.24) is 4.90 Å². The van der Waals surface area contributed by atoms with E-state index in [-0.39, 0.29) is 12.1 Å². The Morgan fingerprint density at radius 1 is 1.14 bits per heavy atom. The first-order chi connectivity index (χ1) is 16.8. The Balaban J connectivity index is 1.36. The monoisotopic (exact) mass is 477 g/mol. The maximum atomic E-state index is 12.1. The third kappa shape index (κ3) is 6.25. The van der Waals surface area contributed by atoms with Crippen LogP contribution in [0.5, 0.6) is 17.2 Å². The molecule has 2 heterocycles. The number of esters is 1. The van der Waals surface area contributed by atoms with Crippen LogP contribution in [0.2, 0.25) is 0 Å². The average Bonchev–Trinajstić information content (AvgIpc) is 2.84. The molecule has 2 aliphatic heterocycles. The lowest BCUT2D eigenvalue weighted by Crippen LogP contribution is -2.36. The molecular formula is C29H35NO5. The van der Waals surface area contributed by atoms with Crippen molar-refractivity contribution in [1.29, 1.82) is 0 Å². The number of aryl methyl sites for hydroxylation is 1. The number of nitrogens with zero attached hydrogens (tertiary/aromatic N) is 1. The van der Waals surface area contributed by atoms with Crippen LogP contribution in [0, 0.1) is 6.92 Å². The Bertz CT molecular complexity index is 1150. The second-order valence-corrected chi connectivity index (χ2v) is 9.56. The van der Waals surface area contributed by atoms with E-state index in [1.807, 2.05) is 51.1 Å². The lowest BCUT2D eigenvalue weighted by molar-refractivity contribution is -0.136. The van der Waals surface area contributed by atoms with Crippen LogP contribution in [0.15, 0.2) is 53.1 Å². The van der Waals surface area contributed by atoms with Crippen molar-refractivity contribution in [2.75, 3.05) is 33.4 Å². The molecule has 0 aromatic heterocycles. The second-order valence-electron chi connectivity index (χ2n) is 9.56. The van der Waals surface area contributed by atoms with Gasteiger partial charge in [-0.05, 0) is 81.2 Å². The van der Waals surface area contributed by atoms with Gasteiger partial charge in [-0.15, -0.1) is 0 Å². The topological polar surface area (TPSA) is 57.2 Å². The first kappa shape index (κ1) is 24.9. The lowest BCUT2D eigenvalue weighted by Gasteiger charge is -2.30. The highest BCUT2D eigenvalue weighted by Gasteiger charge is 2.24. The largest absolute Gasteiger partial charge is 0.491 e. The Hall–Kier alpha value is -3.25. The maximum absolute atomic E-state index is 12.1. The van der Waals surface area contributed by atoms with Crippen molar-refractivity contribution in [2.45, 2.75) is 46.8 Å². The molecule has 2 aromatic carbocycles. The molecular weight excluding hydrogens is 442 g/mol. The van der Waals surface area contributed by atoms with Crippen LogP contribution in [-0.4, -0.2) is 50.3 Å². The van der Waals surface area contributed by atoms with Crippen LogP contribution in [0.4, 0.5) is 0 Å². The van der Waals surface area contributed by atoms with Gasteiger partial charge in [-0.2, -0.15) is 0 Å². The number of methoxy groups -OCH3 is 1. The Morgan fingerprint density at radius 3 is 2.71 bits per heavy atom. The van der Waals surface area contributed by atoms with E-state index in [0.29, 0.717) is 19.8 Å². The number of hydrogen-bond acceptors (Lipinski definition) is 6. The summed E-state index contributed by atoms with van der Waals surface area (Å²) in [6, 6.07) is 12.1. The molecule has 2 aliphatic rings. The minimum atomic E-state index is -0.228. The van der Waals surface area contributed by atoms with E-state index in [0.717, 1.165) is 64.6 Å². The zero-order valence-corrected chi connectivity index (χ0v) is 21.3. The van der Waals surface area contributed by atoms with Crippen molar-refractivity contribution < 1.29 is 23.7 Å². The maximum Gasteiger partial charge on any atom is 0.334 e. The van der Waals surface area contributed by atoms with Gasteiger partial charge in [0, 0.05) is 31.3 Å². The summed E-state index contributed by atoms with van der Waals surface area (Å²) < 4.78 is 22.9. The van der Waals surface area contributed by atoms with Gasteiger partial charge >= 0.3 is 5.97 Å². The molecule has 0 saturated heterocycles. The van der Waals surface area contributed by atoms with E-state index in [2.05, 4.69) is 24.0 Å². The minimum Gasteiger partial charge on any atom is -0.491 e. The fourth-order valence-electron chi connectivity index (χ4n) is 4.42. The molecule has 0 saturated carbocycles. The van der Waals surface area contributed by atoms with Crippen LogP contribution >= 0.6 is 0 Å². The lowest BCUT2D eigenvalue weighted by atomic mass is 10.00. The quantitative estimate of drug-likeness (QED) is 0.479. The molecule has 6 heteroatoms. The molecule has 4 rings (SSSR count). The Kier molecular flexibility index (Phi) is 7.81. The number of benzene rings is 2. The summed E-state index contributed by atoms with van der Waals surface area (Å²) in [5.74, 6) is 2.28. The zero-order valence-electron chi connectivity index (χ0n) is 21.3. The number of ether oxygens (including phenoxy) is 4. The van der Waals surface area contributed by atoms with Gasteiger partial charge in [0.25, 0.3) is 0 Å². The van der Waals surface area contributed by atoms with Crippen molar-refractivity contribution in [3.8, 4) is 17.2 Å². The molecule has 0 atom stereocenters. The van der Waals surface area contributed by atoms with Crippen molar-refractivity contribution in [3.05, 3.63) is 69.8 Å². The number of hydrogen-bond donors (Lipinski definition) is 0. The van der Waals surface area contributed by atoms with E-state index in [4.69, 9.17) is 18.9 Å². The highest BCUT2D eigenvalue weighted by atomic mass is 16.5. The molecule has 35 heavy (non-hydrogen) atoms. The molecule has 0 bridgehead atoms. The molecule has 0 unspecified atom stereocenters.